The number of aldehydes is 1. The molecule has 3 rings (SSSR count). The molecular formula is C22H24FN3O5. The average molecular weight is 429 g/mol. The summed E-state index contributed by atoms with van der Waals surface area (Å²) in [5.74, 6) is -0.676. The minimum atomic E-state index is -0.618. The van der Waals surface area contributed by atoms with Gasteiger partial charge >= 0.3 is 5.69 Å². The van der Waals surface area contributed by atoms with Gasteiger partial charge < -0.3 is 9.64 Å². The quantitative estimate of drug-likeness (QED) is 0.382. The van der Waals surface area contributed by atoms with E-state index in [1.807, 2.05) is 13.8 Å². The molecule has 0 radical (unpaired) electrons. The fourth-order valence-electron chi connectivity index (χ4n) is 3.68. The third-order valence-electron chi connectivity index (χ3n) is 5.40. The predicted octanol–water partition coefficient (Wildman–Crippen LogP) is 3.05. The third-order valence-corrected chi connectivity index (χ3v) is 5.40. The van der Waals surface area contributed by atoms with Crippen molar-refractivity contribution in [1.29, 1.82) is 0 Å². The van der Waals surface area contributed by atoms with E-state index >= 15 is 0 Å². The first-order chi connectivity index (χ1) is 14.8. The van der Waals surface area contributed by atoms with Crippen LogP contribution in [0.25, 0.3) is 0 Å². The van der Waals surface area contributed by atoms with E-state index in [0.717, 1.165) is 5.56 Å². The first-order valence-electron chi connectivity index (χ1n) is 9.93. The summed E-state index contributed by atoms with van der Waals surface area (Å²) in [6.45, 7) is 5.32. The fraction of sp³-hybridized carbons (Fsp3) is 0.364. The highest BCUT2D eigenvalue weighted by molar-refractivity contribution is 5.79. The van der Waals surface area contributed by atoms with Crippen molar-refractivity contribution in [3.63, 3.8) is 0 Å². The number of piperazine rings is 1. The van der Waals surface area contributed by atoms with Crippen molar-refractivity contribution in [2.24, 2.45) is 0 Å². The van der Waals surface area contributed by atoms with Crippen LogP contribution in [0.15, 0.2) is 42.5 Å². The lowest BCUT2D eigenvalue weighted by molar-refractivity contribution is -0.385. The van der Waals surface area contributed by atoms with Gasteiger partial charge in [0.15, 0.2) is 12.4 Å². The van der Waals surface area contributed by atoms with E-state index in [1.165, 1.54) is 30.3 Å². The van der Waals surface area contributed by atoms with Gasteiger partial charge in [-0.3, -0.25) is 24.6 Å². The number of nitro benzene ring substituents is 1. The number of nitrogens with zero attached hydrogens (tertiary/aromatic N) is 3. The maximum Gasteiger partial charge on any atom is 0.310 e. The standard InChI is InChI=1S/C22H24FN3O5/c1-15-11-25(16(2)10-24(15)12-17-3-6-19(23)7-4-17)22(28)14-31-21-9-18(13-27)5-8-20(21)26(29)30/h3-9,13,15-16H,10-12,14H2,1-2H3/t15-,16+/m0/s1. The van der Waals surface area contributed by atoms with Crippen LogP contribution in [0.3, 0.4) is 0 Å². The highest BCUT2D eigenvalue weighted by Crippen LogP contribution is 2.28. The molecule has 0 aromatic heterocycles. The second-order valence-electron chi connectivity index (χ2n) is 7.69. The lowest BCUT2D eigenvalue weighted by Crippen LogP contribution is -2.58. The molecule has 8 nitrogen and oxygen atoms in total. The molecule has 1 heterocycles. The van der Waals surface area contributed by atoms with E-state index in [-0.39, 0.29) is 47.4 Å². The van der Waals surface area contributed by atoms with Gasteiger partial charge in [-0.15, -0.1) is 0 Å². The minimum absolute atomic E-state index is 0.0675. The summed E-state index contributed by atoms with van der Waals surface area (Å²) in [7, 11) is 0. The van der Waals surface area contributed by atoms with Crippen molar-refractivity contribution >= 4 is 17.9 Å². The monoisotopic (exact) mass is 429 g/mol. The van der Waals surface area contributed by atoms with Crippen LogP contribution < -0.4 is 4.74 Å². The summed E-state index contributed by atoms with van der Waals surface area (Å²) in [6, 6.07) is 10.1. The van der Waals surface area contributed by atoms with Gasteiger partial charge in [-0.2, -0.15) is 0 Å². The zero-order valence-electron chi connectivity index (χ0n) is 17.4. The van der Waals surface area contributed by atoms with Crippen molar-refractivity contribution in [3.8, 4) is 5.75 Å². The lowest BCUT2D eigenvalue weighted by atomic mass is 10.1. The summed E-state index contributed by atoms with van der Waals surface area (Å²) in [4.78, 5) is 38.2. The number of carbonyl (C=O) groups excluding carboxylic acids is 2. The van der Waals surface area contributed by atoms with Crippen molar-refractivity contribution in [2.45, 2.75) is 32.5 Å². The molecule has 0 N–H and O–H groups in total. The molecule has 31 heavy (non-hydrogen) atoms. The number of amides is 1. The van der Waals surface area contributed by atoms with Gasteiger partial charge in [-0.25, -0.2) is 4.39 Å². The molecule has 0 unspecified atom stereocenters. The molecule has 1 aliphatic heterocycles. The summed E-state index contributed by atoms with van der Waals surface area (Å²) >= 11 is 0. The molecule has 0 spiro atoms. The number of benzene rings is 2. The van der Waals surface area contributed by atoms with E-state index in [0.29, 0.717) is 25.9 Å². The zero-order valence-corrected chi connectivity index (χ0v) is 17.4. The highest BCUT2D eigenvalue weighted by Gasteiger charge is 2.32. The Morgan fingerprint density at radius 3 is 2.55 bits per heavy atom. The summed E-state index contributed by atoms with van der Waals surface area (Å²) in [5.41, 5.74) is 0.916. The van der Waals surface area contributed by atoms with E-state index in [9.17, 15) is 24.1 Å². The molecule has 164 valence electrons. The number of carbonyl (C=O) groups is 2. The Morgan fingerprint density at radius 2 is 1.90 bits per heavy atom. The van der Waals surface area contributed by atoms with E-state index in [1.54, 1.807) is 17.0 Å². The van der Waals surface area contributed by atoms with Crippen molar-refractivity contribution in [1.82, 2.24) is 9.80 Å². The Hall–Kier alpha value is -3.33. The predicted molar refractivity (Wildman–Crippen MR) is 111 cm³/mol. The molecule has 0 bridgehead atoms. The molecule has 2 atom stereocenters. The molecule has 9 heteroatoms. The van der Waals surface area contributed by atoms with Gasteiger partial charge in [0.05, 0.1) is 4.92 Å². The number of hydrogen-bond donors (Lipinski definition) is 0. The van der Waals surface area contributed by atoms with E-state index in [2.05, 4.69) is 4.90 Å². The number of hydrogen-bond acceptors (Lipinski definition) is 6. The summed E-state index contributed by atoms with van der Waals surface area (Å²) in [5, 5.41) is 11.2. The molecule has 1 amide bonds. The highest BCUT2D eigenvalue weighted by atomic mass is 19.1. The van der Waals surface area contributed by atoms with Crippen LogP contribution in [0.1, 0.15) is 29.8 Å². The summed E-state index contributed by atoms with van der Waals surface area (Å²) in [6.07, 6.45) is 0.558. The Labute approximate surface area is 179 Å². The van der Waals surface area contributed by atoms with E-state index < -0.39 is 4.92 Å². The SMILES string of the molecule is C[C@@H]1CN(Cc2ccc(F)cc2)[C@@H](C)CN1C(=O)COc1cc(C=O)ccc1[N+](=O)[O-]. The second kappa shape index (κ2) is 9.65. The van der Waals surface area contributed by atoms with Crippen LogP contribution in [0, 0.1) is 15.9 Å². The zero-order chi connectivity index (χ0) is 22.5. The van der Waals surface area contributed by atoms with Gasteiger partial charge in [-0.1, -0.05) is 12.1 Å². The Bertz CT molecular complexity index is 966. The Morgan fingerprint density at radius 1 is 1.19 bits per heavy atom. The molecule has 1 fully saturated rings. The molecule has 0 saturated carbocycles. The second-order valence-corrected chi connectivity index (χ2v) is 7.69. The van der Waals surface area contributed by atoms with Crippen LogP contribution in [-0.2, 0) is 11.3 Å². The van der Waals surface area contributed by atoms with Crippen LogP contribution in [0.5, 0.6) is 5.75 Å². The van der Waals surface area contributed by atoms with Crippen molar-refractivity contribution in [2.75, 3.05) is 19.7 Å². The smallest absolute Gasteiger partial charge is 0.310 e. The van der Waals surface area contributed by atoms with Gasteiger partial charge in [0.2, 0.25) is 0 Å². The molecule has 0 aliphatic carbocycles. The third kappa shape index (κ3) is 5.43. The normalized spacial score (nSPS) is 19.1. The van der Waals surface area contributed by atoms with E-state index in [4.69, 9.17) is 4.74 Å². The Balaban J connectivity index is 1.62. The van der Waals surface area contributed by atoms with Gasteiger partial charge in [-0.05, 0) is 43.7 Å². The topological polar surface area (TPSA) is 93.0 Å². The molecular weight excluding hydrogens is 405 g/mol. The lowest BCUT2D eigenvalue weighted by Gasteiger charge is -2.44. The number of rotatable bonds is 7. The van der Waals surface area contributed by atoms with Gasteiger partial charge in [0.25, 0.3) is 5.91 Å². The fourth-order valence-corrected chi connectivity index (χ4v) is 3.68. The van der Waals surface area contributed by atoms with Crippen LogP contribution in [0.2, 0.25) is 0 Å². The first-order valence-corrected chi connectivity index (χ1v) is 9.93. The van der Waals surface area contributed by atoms with Crippen molar-refractivity contribution < 1.29 is 23.6 Å². The number of ether oxygens (including phenoxy) is 1. The minimum Gasteiger partial charge on any atom is -0.477 e. The molecule has 1 aliphatic rings. The molecule has 2 aromatic rings. The molecule has 1 saturated heterocycles. The summed E-state index contributed by atoms with van der Waals surface area (Å²) < 4.78 is 18.6. The van der Waals surface area contributed by atoms with Crippen LogP contribution in [0.4, 0.5) is 10.1 Å². The van der Waals surface area contributed by atoms with Gasteiger partial charge in [0, 0.05) is 43.3 Å². The molecule has 2 aromatic carbocycles. The van der Waals surface area contributed by atoms with Gasteiger partial charge in [0.1, 0.15) is 12.1 Å². The maximum absolute atomic E-state index is 13.1. The Kier molecular flexibility index (Phi) is 6.96. The number of nitro groups is 1. The maximum atomic E-state index is 13.1. The first kappa shape index (κ1) is 22.4. The van der Waals surface area contributed by atoms with Crippen molar-refractivity contribution in [3.05, 3.63) is 69.5 Å². The average Bonchev–Trinajstić information content (AvgIpc) is 2.75. The van der Waals surface area contributed by atoms with Crippen LogP contribution >= 0.6 is 0 Å². The number of halogens is 1. The van der Waals surface area contributed by atoms with Crippen LogP contribution in [-0.4, -0.2) is 58.7 Å². The largest absolute Gasteiger partial charge is 0.477 e.